The summed E-state index contributed by atoms with van der Waals surface area (Å²) in [6.45, 7) is 3.82. The predicted octanol–water partition coefficient (Wildman–Crippen LogP) is 5.82. The number of carbonyl (C=O) groups excluding carboxylic acids is 2. The molecule has 0 aliphatic heterocycles. The fourth-order valence-corrected chi connectivity index (χ4v) is 6.74. The first-order chi connectivity index (χ1) is 21.2. The summed E-state index contributed by atoms with van der Waals surface area (Å²) in [5.41, 5.74) is 1.88. The largest absolute Gasteiger partial charge is 0.492 e. The number of sulfonamides is 1. The maximum Gasteiger partial charge on any atom is 0.264 e. The maximum atomic E-state index is 14.5. The molecule has 0 aliphatic carbocycles. The summed E-state index contributed by atoms with van der Waals surface area (Å²) in [5, 5.41) is 2.87. The Kier molecular flexibility index (Phi) is 11.6. The Morgan fingerprint density at radius 2 is 1.48 bits per heavy atom. The number of benzene rings is 4. The molecule has 2 amide bonds. The average Bonchev–Trinajstić information content (AvgIpc) is 3.03. The smallest absolute Gasteiger partial charge is 0.264 e. The molecule has 0 saturated carbocycles. The van der Waals surface area contributed by atoms with Gasteiger partial charge in [-0.2, -0.15) is 0 Å². The van der Waals surface area contributed by atoms with Crippen molar-refractivity contribution in [2.75, 3.05) is 24.0 Å². The van der Waals surface area contributed by atoms with Crippen molar-refractivity contribution in [3.05, 3.63) is 125 Å². The lowest BCUT2D eigenvalue weighted by atomic mass is 10.0. The molecule has 10 heteroatoms. The van der Waals surface area contributed by atoms with E-state index in [0.717, 1.165) is 19.9 Å². The Morgan fingerprint density at radius 3 is 2.14 bits per heavy atom. The molecule has 0 bridgehead atoms. The van der Waals surface area contributed by atoms with Crippen LogP contribution in [0.5, 0.6) is 5.75 Å². The van der Waals surface area contributed by atoms with Gasteiger partial charge in [0, 0.05) is 24.0 Å². The van der Waals surface area contributed by atoms with Gasteiger partial charge >= 0.3 is 0 Å². The lowest BCUT2D eigenvalue weighted by molar-refractivity contribution is -0.140. The number of halogens is 1. The quantitative estimate of drug-likeness (QED) is 0.182. The van der Waals surface area contributed by atoms with Gasteiger partial charge < -0.3 is 15.0 Å². The van der Waals surface area contributed by atoms with Gasteiger partial charge in [0.25, 0.3) is 10.0 Å². The second-order valence-electron chi connectivity index (χ2n) is 9.98. The molecule has 0 heterocycles. The van der Waals surface area contributed by atoms with Crippen LogP contribution < -0.4 is 14.4 Å². The van der Waals surface area contributed by atoms with E-state index in [0.29, 0.717) is 18.9 Å². The van der Waals surface area contributed by atoms with Crippen LogP contribution in [0.4, 0.5) is 5.69 Å². The SMILES string of the molecule is CCNC(=O)[C@@H](Cc1ccccc1)N(Cc1cccc(Br)c1)C(=O)CN(c1ccccc1OCC)S(=O)(=O)c1ccccc1. The first-order valence-corrected chi connectivity index (χ1v) is 16.6. The zero-order valence-electron chi connectivity index (χ0n) is 24.7. The first kappa shape index (κ1) is 32.8. The van der Waals surface area contributed by atoms with Crippen molar-refractivity contribution >= 4 is 43.5 Å². The van der Waals surface area contributed by atoms with E-state index in [-0.39, 0.29) is 29.5 Å². The van der Waals surface area contributed by atoms with Crippen LogP contribution in [0.25, 0.3) is 0 Å². The van der Waals surface area contributed by atoms with Gasteiger partial charge in [-0.1, -0.05) is 88.7 Å². The lowest BCUT2D eigenvalue weighted by Crippen LogP contribution is -2.53. The number of hydrogen-bond acceptors (Lipinski definition) is 5. The Labute approximate surface area is 267 Å². The number of nitrogens with zero attached hydrogens (tertiary/aromatic N) is 2. The van der Waals surface area contributed by atoms with Gasteiger partial charge in [0.15, 0.2) is 0 Å². The van der Waals surface area contributed by atoms with Crippen molar-refractivity contribution in [3.63, 3.8) is 0 Å². The number of likely N-dealkylation sites (N-methyl/N-ethyl adjacent to an activating group) is 1. The van der Waals surface area contributed by atoms with Gasteiger partial charge in [-0.25, -0.2) is 8.42 Å². The van der Waals surface area contributed by atoms with Crippen molar-refractivity contribution in [3.8, 4) is 5.75 Å². The highest BCUT2D eigenvalue weighted by atomic mass is 79.9. The minimum absolute atomic E-state index is 0.0298. The van der Waals surface area contributed by atoms with Crippen LogP contribution in [0.3, 0.4) is 0 Å². The van der Waals surface area contributed by atoms with E-state index < -0.39 is 28.5 Å². The molecule has 0 aliphatic rings. The molecule has 0 aromatic heterocycles. The number of para-hydroxylation sites is 2. The summed E-state index contributed by atoms with van der Waals surface area (Å²) in [4.78, 5) is 29.6. The third-order valence-electron chi connectivity index (χ3n) is 6.91. The topological polar surface area (TPSA) is 96.0 Å². The van der Waals surface area contributed by atoms with E-state index >= 15 is 0 Å². The van der Waals surface area contributed by atoms with Gasteiger partial charge in [-0.3, -0.25) is 13.9 Å². The van der Waals surface area contributed by atoms with Crippen LogP contribution in [0.2, 0.25) is 0 Å². The third kappa shape index (κ3) is 8.27. The maximum absolute atomic E-state index is 14.5. The van der Waals surface area contributed by atoms with Crippen molar-refractivity contribution in [1.82, 2.24) is 10.2 Å². The number of amides is 2. The third-order valence-corrected chi connectivity index (χ3v) is 9.18. The van der Waals surface area contributed by atoms with Gasteiger partial charge in [0.1, 0.15) is 18.3 Å². The monoisotopic (exact) mass is 677 g/mol. The second kappa shape index (κ2) is 15.5. The van der Waals surface area contributed by atoms with Crippen molar-refractivity contribution in [1.29, 1.82) is 0 Å². The Morgan fingerprint density at radius 1 is 0.841 bits per heavy atom. The minimum Gasteiger partial charge on any atom is -0.492 e. The van der Waals surface area contributed by atoms with Gasteiger partial charge in [-0.15, -0.1) is 0 Å². The molecule has 4 aromatic carbocycles. The van der Waals surface area contributed by atoms with Crippen molar-refractivity contribution < 1.29 is 22.7 Å². The van der Waals surface area contributed by atoms with E-state index in [1.807, 2.05) is 61.5 Å². The van der Waals surface area contributed by atoms with Crippen molar-refractivity contribution in [2.45, 2.75) is 37.8 Å². The van der Waals surface area contributed by atoms with Gasteiger partial charge in [-0.05, 0) is 61.4 Å². The molecule has 1 atom stereocenters. The van der Waals surface area contributed by atoms with E-state index in [4.69, 9.17) is 4.74 Å². The Hall–Kier alpha value is -4.15. The minimum atomic E-state index is -4.22. The normalized spacial score (nSPS) is 11.8. The van der Waals surface area contributed by atoms with Gasteiger partial charge in [0.05, 0.1) is 17.2 Å². The number of rotatable bonds is 14. The number of carbonyl (C=O) groups is 2. The Bertz CT molecular complexity index is 1650. The summed E-state index contributed by atoms with van der Waals surface area (Å²) < 4.78 is 36.0. The summed E-state index contributed by atoms with van der Waals surface area (Å²) in [6, 6.07) is 30.7. The average molecular weight is 679 g/mol. The molecular weight excluding hydrogens is 642 g/mol. The highest BCUT2D eigenvalue weighted by molar-refractivity contribution is 9.10. The number of ether oxygens (including phenoxy) is 1. The van der Waals surface area contributed by atoms with E-state index in [1.165, 1.54) is 17.0 Å². The van der Waals surface area contributed by atoms with E-state index in [9.17, 15) is 18.0 Å². The highest BCUT2D eigenvalue weighted by Crippen LogP contribution is 2.33. The van der Waals surface area contributed by atoms with Gasteiger partial charge in [0.2, 0.25) is 11.8 Å². The van der Waals surface area contributed by atoms with Crippen LogP contribution in [-0.2, 0) is 32.6 Å². The first-order valence-electron chi connectivity index (χ1n) is 14.4. The van der Waals surface area contributed by atoms with E-state index in [1.54, 1.807) is 49.4 Å². The van der Waals surface area contributed by atoms with Crippen LogP contribution in [0.15, 0.2) is 119 Å². The molecular formula is C34H36BrN3O5S. The standard InChI is InChI=1S/C34H36BrN3O5S/c1-3-36-34(40)31(23-26-14-7-5-8-15-26)37(24-27-16-13-17-28(35)22-27)33(39)25-38(30-20-11-12-21-32(30)43-4-2)44(41,42)29-18-9-6-10-19-29/h5-22,31H,3-4,23-25H2,1-2H3,(H,36,40)/t31-/m1/s1. The second-order valence-corrected chi connectivity index (χ2v) is 12.8. The number of hydrogen-bond donors (Lipinski definition) is 1. The predicted molar refractivity (Wildman–Crippen MR) is 176 cm³/mol. The lowest BCUT2D eigenvalue weighted by Gasteiger charge is -2.34. The summed E-state index contributed by atoms with van der Waals surface area (Å²) in [6.07, 6.45) is 0.243. The summed E-state index contributed by atoms with van der Waals surface area (Å²) in [5.74, 6) is -0.541. The molecule has 4 aromatic rings. The summed E-state index contributed by atoms with van der Waals surface area (Å²) >= 11 is 3.50. The summed E-state index contributed by atoms with van der Waals surface area (Å²) in [7, 11) is -4.22. The molecule has 1 N–H and O–H groups in total. The molecule has 44 heavy (non-hydrogen) atoms. The van der Waals surface area contributed by atoms with Crippen molar-refractivity contribution in [2.24, 2.45) is 0 Å². The van der Waals surface area contributed by atoms with Crippen LogP contribution in [0, 0.1) is 0 Å². The molecule has 8 nitrogen and oxygen atoms in total. The Balaban J connectivity index is 1.82. The molecule has 0 spiro atoms. The highest BCUT2D eigenvalue weighted by Gasteiger charge is 2.35. The molecule has 0 fully saturated rings. The van der Waals surface area contributed by atoms with Crippen LogP contribution >= 0.6 is 15.9 Å². The number of nitrogens with one attached hydrogen (secondary N) is 1. The number of anilines is 1. The fraction of sp³-hybridized carbons (Fsp3) is 0.235. The fourth-order valence-electron chi connectivity index (χ4n) is 4.85. The molecule has 230 valence electrons. The van der Waals surface area contributed by atoms with Crippen LogP contribution in [0.1, 0.15) is 25.0 Å². The molecule has 4 rings (SSSR count). The molecule has 0 saturated heterocycles. The molecule has 0 unspecified atom stereocenters. The van der Waals surface area contributed by atoms with E-state index in [2.05, 4.69) is 21.2 Å². The zero-order valence-corrected chi connectivity index (χ0v) is 27.1. The van der Waals surface area contributed by atoms with Crippen LogP contribution in [-0.4, -0.2) is 50.9 Å². The molecule has 0 radical (unpaired) electrons. The zero-order chi connectivity index (χ0) is 31.5.